The number of hydrogen-bond donors (Lipinski definition) is 2. The standard InChI is InChI=1S/C12H25NO/c1-3-5-6-12(14)11-9-10(4-2)7-8-13-11/h10-14H,3-9H2,1-2H3. The van der Waals surface area contributed by atoms with E-state index in [0.717, 1.165) is 25.3 Å². The van der Waals surface area contributed by atoms with Gasteiger partial charge in [-0.05, 0) is 31.7 Å². The lowest BCUT2D eigenvalue weighted by Crippen LogP contribution is -2.45. The summed E-state index contributed by atoms with van der Waals surface area (Å²) in [5.74, 6) is 0.831. The molecule has 1 saturated heterocycles. The summed E-state index contributed by atoms with van der Waals surface area (Å²) in [6.45, 7) is 5.52. The third-order valence-corrected chi connectivity index (χ3v) is 3.44. The van der Waals surface area contributed by atoms with E-state index in [1.165, 1.54) is 25.7 Å². The lowest BCUT2D eigenvalue weighted by molar-refractivity contribution is 0.0884. The van der Waals surface area contributed by atoms with Crippen molar-refractivity contribution in [2.45, 2.75) is 64.5 Å². The first kappa shape index (κ1) is 12.0. The monoisotopic (exact) mass is 199 g/mol. The van der Waals surface area contributed by atoms with Crippen LogP contribution in [0.2, 0.25) is 0 Å². The van der Waals surface area contributed by atoms with Gasteiger partial charge in [0.05, 0.1) is 6.10 Å². The highest BCUT2D eigenvalue weighted by molar-refractivity contribution is 4.83. The molecule has 2 nitrogen and oxygen atoms in total. The predicted molar refractivity (Wildman–Crippen MR) is 60.3 cm³/mol. The van der Waals surface area contributed by atoms with Crippen LogP contribution < -0.4 is 5.32 Å². The van der Waals surface area contributed by atoms with Crippen molar-refractivity contribution in [1.29, 1.82) is 0 Å². The average Bonchev–Trinajstić information content (AvgIpc) is 2.26. The maximum absolute atomic E-state index is 9.96. The largest absolute Gasteiger partial charge is 0.392 e. The van der Waals surface area contributed by atoms with Gasteiger partial charge < -0.3 is 10.4 Å². The Balaban J connectivity index is 2.27. The van der Waals surface area contributed by atoms with Crippen LogP contribution in [0.15, 0.2) is 0 Å². The zero-order valence-electron chi connectivity index (χ0n) is 9.63. The average molecular weight is 199 g/mol. The van der Waals surface area contributed by atoms with Crippen LogP contribution in [0, 0.1) is 5.92 Å². The normalized spacial score (nSPS) is 30.2. The van der Waals surface area contributed by atoms with Gasteiger partial charge >= 0.3 is 0 Å². The number of unbranched alkanes of at least 4 members (excludes halogenated alkanes) is 1. The molecule has 0 aliphatic carbocycles. The summed E-state index contributed by atoms with van der Waals surface area (Å²) in [6.07, 6.45) is 6.89. The van der Waals surface area contributed by atoms with Crippen molar-refractivity contribution in [3.63, 3.8) is 0 Å². The fourth-order valence-electron chi connectivity index (χ4n) is 2.31. The summed E-state index contributed by atoms with van der Waals surface area (Å²) in [5, 5.41) is 13.4. The van der Waals surface area contributed by atoms with Crippen LogP contribution >= 0.6 is 0 Å². The summed E-state index contributed by atoms with van der Waals surface area (Å²) in [7, 11) is 0. The van der Waals surface area contributed by atoms with Crippen LogP contribution in [-0.2, 0) is 0 Å². The Kier molecular flexibility index (Phi) is 5.49. The molecule has 0 spiro atoms. The van der Waals surface area contributed by atoms with Gasteiger partial charge in [0.15, 0.2) is 0 Å². The van der Waals surface area contributed by atoms with E-state index in [-0.39, 0.29) is 6.10 Å². The van der Waals surface area contributed by atoms with Gasteiger partial charge in [-0.15, -0.1) is 0 Å². The van der Waals surface area contributed by atoms with E-state index in [4.69, 9.17) is 0 Å². The molecular weight excluding hydrogens is 174 g/mol. The molecule has 1 aliphatic rings. The molecule has 84 valence electrons. The van der Waals surface area contributed by atoms with Gasteiger partial charge in [0, 0.05) is 6.04 Å². The lowest BCUT2D eigenvalue weighted by Gasteiger charge is -2.33. The van der Waals surface area contributed by atoms with E-state index in [2.05, 4.69) is 19.2 Å². The smallest absolute Gasteiger partial charge is 0.0693 e. The zero-order valence-corrected chi connectivity index (χ0v) is 9.63. The first-order chi connectivity index (χ1) is 6.77. The molecule has 0 aromatic carbocycles. The van der Waals surface area contributed by atoms with Crippen LogP contribution in [0.25, 0.3) is 0 Å². The highest BCUT2D eigenvalue weighted by atomic mass is 16.3. The number of hydrogen-bond acceptors (Lipinski definition) is 2. The molecule has 3 atom stereocenters. The van der Waals surface area contributed by atoms with Gasteiger partial charge in [-0.3, -0.25) is 0 Å². The molecule has 0 aromatic heterocycles. The molecule has 1 aliphatic heterocycles. The van der Waals surface area contributed by atoms with Gasteiger partial charge in [0.25, 0.3) is 0 Å². The minimum atomic E-state index is -0.121. The number of piperidine rings is 1. The molecule has 0 bridgehead atoms. The highest BCUT2D eigenvalue weighted by Gasteiger charge is 2.25. The Morgan fingerprint density at radius 1 is 1.43 bits per heavy atom. The molecule has 1 rings (SSSR count). The maximum atomic E-state index is 9.96. The first-order valence-corrected chi connectivity index (χ1v) is 6.19. The van der Waals surface area contributed by atoms with Crippen LogP contribution in [0.4, 0.5) is 0 Å². The van der Waals surface area contributed by atoms with Gasteiger partial charge in [-0.1, -0.05) is 33.1 Å². The molecule has 2 N–H and O–H groups in total. The summed E-state index contributed by atoms with van der Waals surface area (Å²) in [5.41, 5.74) is 0. The Morgan fingerprint density at radius 3 is 2.86 bits per heavy atom. The molecule has 0 aromatic rings. The second-order valence-corrected chi connectivity index (χ2v) is 4.57. The van der Waals surface area contributed by atoms with Crippen LogP contribution in [0.1, 0.15) is 52.4 Å². The lowest BCUT2D eigenvalue weighted by atomic mass is 9.87. The summed E-state index contributed by atoms with van der Waals surface area (Å²) >= 11 is 0. The Morgan fingerprint density at radius 2 is 2.21 bits per heavy atom. The van der Waals surface area contributed by atoms with E-state index in [9.17, 15) is 5.11 Å². The highest BCUT2D eigenvalue weighted by Crippen LogP contribution is 2.22. The van der Waals surface area contributed by atoms with Crippen LogP contribution in [0.3, 0.4) is 0 Å². The Labute approximate surface area is 88.1 Å². The molecule has 0 saturated carbocycles. The van der Waals surface area contributed by atoms with Crippen molar-refractivity contribution in [2.75, 3.05) is 6.54 Å². The van der Waals surface area contributed by atoms with E-state index in [1.807, 2.05) is 0 Å². The minimum absolute atomic E-state index is 0.121. The van der Waals surface area contributed by atoms with E-state index in [0.29, 0.717) is 6.04 Å². The number of rotatable bonds is 5. The van der Waals surface area contributed by atoms with Crippen molar-refractivity contribution >= 4 is 0 Å². The van der Waals surface area contributed by atoms with Gasteiger partial charge in [-0.25, -0.2) is 0 Å². The second-order valence-electron chi connectivity index (χ2n) is 4.57. The molecule has 3 unspecified atom stereocenters. The summed E-state index contributed by atoms with van der Waals surface area (Å²) in [6, 6.07) is 0.361. The maximum Gasteiger partial charge on any atom is 0.0693 e. The van der Waals surface area contributed by atoms with Gasteiger partial charge in [0.2, 0.25) is 0 Å². The summed E-state index contributed by atoms with van der Waals surface area (Å²) in [4.78, 5) is 0. The molecule has 0 amide bonds. The van der Waals surface area contributed by atoms with Crippen LogP contribution in [-0.4, -0.2) is 23.8 Å². The fourth-order valence-corrected chi connectivity index (χ4v) is 2.31. The Bertz CT molecular complexity index is 149. The van der Waals surface area contributed by atoms with Crippen molar-refractivity contribution in [2.24, 2.45) is 5.92 Å². The zero-order chi connectivity index (χ0) is 10.4. The van der Waals surface area contributed by atoms with E-state index >= 15 is 0 Å². The minimum Gasteiger partial charge on any atom is -0.392 e. The number of nitrogens with one attached hydrogen (secondary N) is 1. The molecule has 1 heterocycles. The predicted octanol–water partition coefficient (Wildman–Crippen LogP) is 2.32. The number of aliphatic hydroxyl groups excluding tert-OH is 1. The van der Waals surface area contributed by atoms with Gasteiger partial charge in [0.1, 0.15) is 0 Å². The molecule has 0 radical (unpaired) electrons. The van der Waals surface area contributed by atoms with E-state index < -0.39 is 0 Å². The third-order valence-electron chi connectivity index (χ3n) is 3.44. The van der Waals surface area contributed by atoms with Crippen molar-refractivity contribution < 1.29 is 5.11 Å². The second kappa shape index (κ2) is 6.41. The fraction of sp³-hybridized carbons (Fsp3) is 1.00. The third kappa shape index (κ3) is 3.58. The Hall–Kier alpha value is -0.0800. The molecule has 1 fully saturated rings. The SMILES string of the molecule is CCCCC(O)C1CC(CC)CCN1. The molecular formula is C12H25NO. The summed E-state index contributed by atoms with van der Waals surface area (Å²) < 4.78 is 0. The van der Waals surface area contributed by atoms with Crippen molar-refractivity contribution in [3.8, 4) is 0 Å². The van der Waals surface area contributed by atoms with Crippen molar-refractivity contribution in [1.82, 2.24) is 5.32 Å². The number of aliphatic hydroxyl groups is 1. The van der Waals surface area contributed by atoms with Crippen LogP contribution in [0.5, 0.6) is 0 Å². The molecule has 2 heteroatoms. The topological polar surface area (TPSA) is 32.3 Å². The molecule has 14 heavy (non-hydrogen) atoms. The van der Waals surface area contributed by atoms with Crippen molar-refractivity contribution in [3.05, 3.63) is 0 Å². The quantitative estimate of drug-likeness (QED) is 0.712. The van der Waals surface area contributed by atoms with Gasteiger partial charge in [-0.2, -0.15) is 0 Å². The first-order valence-electron chi connectivity index (χ1n) is 6.19. The van der Waals surface area contributed by atoms with E-state index in [1.54, 1.807) is 0 Å².